The number of nitrogens with one attached hydrogen (secondary N) is 1. The van der Waals surface area contributed by atoms with Crippen LogP contribution >= 0.6 is 0 Å². The Morgan fingerprint density at radius 2 is 1.62 bits per heavy atom. The topological polar surface area (TPSA) is 98.7 Å². The molecule has 0 spiro atoms. The van der Waals surface area contributed by atoms with Crippen LogP contribution in [0.1, 0.15) is 51.2 Å². The van der Waals surface area contributed by atoms with Gasteiger partial charge in [-0.25, -0.2) is 9.97 Å². The lowest BCUT2D eigenvalue weighted by atomic mass is 9.94. The predicted octanol–water partition coefficient (Wildman–Crippen LogP) is 3.90. The SMILES string of the molecule is CC(C)CN(CC(C)C)c1ccc(C(CC(=O)O)CN(C)C)cc1NC(=O)Cc1cncnc1. The second-order valence-corrected chi connectivity index (χ2v) is 10.00. The number of carbonyl (C=O) groups is 2. The largest absolute Gasteiger partial charge is 0.481 e. The van der Waals surface area contributed by atoms with Crippen molar-refractivity contribution in [2.75, 3.05) is 43.9 Å². The summed E-state index contributed by atoms with van der Waals surface area (Å²) in [6.07, 6.45) is 4.89. The molecule has 2 rings (SSSR count). The summed E-state index contributed by atoms with van der Waals surface area (Å²) in [5.74, 6) is -0.311. The first kappa shape index (κ1) is 27.2. The molecule has 1 heterocycles. The molecule has 0 saturated heterocycles. The molecule has 2 N–H and O–H groups in total. The minimum absolute atomic E-state index is 0.0218. The van der Waals surface area contributed by atoms with E-state index in [1.807, 2.05) is 37.2 Å². The molecule has 8 nitrogen and oxygen atoms in total. The fraction of sp³-hybridized carbons (Fsp3) is 0.538. The molecular weight excluding hydrogens is 430 g/mol. The average molecular weight is 470 g/mol. The van der Waals surface area contributed by atoms with Crippen molar-refractivity contribution in [2.45, 2.75) is 46.5 Å². The van der Waals surface area contributed by atoms with Gasteiger partial charge in [-0.05, 0) is 49.2 Å². The van der Waals surface area contributed by atoms with Gasteiger partial charge in [0.05, 0.1) is 24.2 Å². The zero-order valence-electron chi connectivity index (χ0n) is 21.3. The van der Waals surface area contributed by atoms with Crippen LogP contribution in [-0.2, 0) is 16.0 Å². The summed E-state index contributed by atoms with van der Waals surface area (Å²) in [5.41, 5.74) is 3.28. The Bertz CT molecular complexity index is 921. The van der Waals surface area contributed by atoms with E-state index in [0.717, 1.165) is 29.9 Å². The Hall–Kier alpha value is -3.00. The molecule has 1 aromatic heterocycles. The van der Waals surface area contributed by atoms with Crippen molar-refractivity contribution in [1.82, 2.24) is 14.9 Å². The van der Waals surface area contributed by atoms with Crippen molar-refractivity contribution < 1.29 is 14.7 Å². The van der Waals surface area contributed by atoms with Crippen LogP contribution in [0.2, 0.25) is 0 Å². The Balaban J connectivity index is 2.46. The van der Waals surface area contributed by atoms with E-state index in [-0.39, 0.29) is 24.7 Å². The Morgan fingerprint density at radius 3 is 2.15 bits per heavy atom. The highest BCUT2D eigenvalue weighted by Crippen LogP contribution is 2.33. The number of aromatic nitrogens is 2. The fourth-order valence-corrected chi connectivity index (χ4v) is 4.08. The number of rotatable bonds is 13. The molecule has 2 aromatic rings. The van der Waals surface area contributed by atoms with E-state index in [9.17, 15) is 14.7 Å². The highest BCUT2D eigenvalue weighted by molar-refractivity contribution is 5.95. The maximum Gasteiger partial charge on any atom is 0.304 e. The van der Waals surface area contributed by atoms with Crippen LogP contribution in [0, 0.1) is 11.8 Å². The van der Waals surface area contributed by atoms with Crippen LogP contribution in [0.5, 0.6) is 0 Å². The molecule has 8 heteroatoms. The third kappa shape index (κ3) is 9.09. The van der Waals surface area contributed by atoms with Crippen molar-refractivity contribution in [3.63, 3.8) is 0 Å². The molecule has 0 aliphatic carbocycles. The van der Waals surface area contributed by atoms with Crippen molar-refractivity contribution in [1.29, 1.82) is 0 Å². The summed E-state index contributed by atoms with van der Waals surface area (Å²) in [7, 11) is 3.86. The van der Waals surface area contributed by atoms with Crippen molar-refractivity contribution >= 4 is 23.3 Å². The fourth-order valence-electron chi connectivity index (χ4n) is 4.08. The Kier molecular flexibility index (Phi) is 10.4. The number of nitrogens with zero attached hydrogens (tertiary/aromatic N) is 4. The summed E-state index contributed by atoms with van der Waals surface area (Å²) >= 11 is 0. The zero-order valence-corrected chi connectivity index (χ0v) is 21.3. The number of hydrogen-bond donors (Lipinski definition) is 2. The Labute approximate surface area is 203 Å². The number of amides is 1. The minimum atomic E-state index is -0.841. The number of hydrogen-bond acceptors (Lipinski definition) is 6. The van der Waals surface area contributed by atoms with Gasteiger partial charge < -0.3 is 20.2 Å². The standard InChI is InChI=1S/C26H39N5O3/c1-18(2)14-31(15-19(3)4)24-8-7-21(22(11-26(33)34)16-30(5)6)10-23(24)29-25(32)9-20-12-27-17-28-13-20/h7-8,10,12-13,17-19,22H,9,11,14-16H2,1-6H3,(H,29,32)(H,33,34). The van der Waals surface area contributed by atoms with Crippen molar-refractivity contribution in [3.8, 4) is 0 Å². The van der Waals surface area contributed by atoms with E-state index >= 15 is 0 Å². The number of carboxylic acids is 1. The molecule has 1 unspecified atom stereocenters. The van der Waals surface area contributed by atoms with Gasteiger partial charge in [0.2, 0.25) is 5.91 Å². The number of benzene rings is 1. The van der Waals surface area contributed by atoms with Crippen LogP contribution in [0.15, 0.2) is 36.9 Å². The van der Waals surface area contributed by atoms with Gasteiger partial charge in [-0.2, -0.15) is 0 Å². The predicted molar refractivity (Wildman–Crippen MR) is 136 cm³/mol. The monoisotopic (exact) mass is 469 g/mol. The zero-order chi connectivity index (χ0) is 25.3. The molecule has 0 fully saturated rings. The van der Waals surface area contributed by atoms with Gasteiger partial charge in [0, 0.05) is 37.9 Å². The average Bonchev–Trinajstić information content (AvgIpc) is 2.72. The molecular formula is C26H39N5O3. The van der Waals surface area contributed by atoms with Crippen LogP contribution in [0.3, 0.4) is 0 Å². The first-order valence-corrected chi connectivity index (χ1v) is 11.8. The van der Waals surface area contributed by atoms with Crippen LogP contribution in [-0.4, -0.2) is 65.6 Å². The summed E-state index contributed by atoms with van der Waals surface area (Å²) in [6, 6.07) is 5.96. The second kappa shape index (κ2) is 13.0. The molecule has 0 bridgehead atoms. The van der Waals surface area contributed by atoms with Gasteiger partial charge in [-0.15, -0.1) is 0 Å². The van der Waals surface area contributed by atoms with E-state index in [4.69, 9.17) is 0 Å². The van der Waals surface area contributed by atoms with Gasteiger partial charge >= 0.3 is 5.97 Å². The third-order valence-corrected chi connectivity index (χ3v) is 5.26. The molecule has 0 aliphatic rings. The van der Waals surface area contributed by atoms with Crippen LogP contribution < -0.4 is 10.2 Å². The van der Waals surface area contributed by atoms with Gasteiger partial charge in [0.15, 0.2) is 0 Å². The van der Waals surface area contributed by atoms with Gasteiger partial charge in [-0.3, -0.25) is 9.59 Å². The van der Waals surface area contributed by atoms with E-state index in [0.29, 0.717) is 24.1 Å². The summed E-state index contributed by atoms with van der Waals surface area (Å²) in [4.78, 5) is 36.8. The first-order valence-electron chi connectivity index (χ1n) is 11.8. The number of likely N-dealkylation sites (N-methyl/N-ethyl adjacent to an activating group) is 1. The summed E-state index contributed by atoms with van der Waals surface area (Å²) < 4.78 is 0. The van der Waals surface area contributed by atoms with E-state index < -0.39 is 5.97 Å². The highest BCUT2D eigenvalue weighted by atomic mass is 16.4. The number of carboxylic acid groups (broad SMARTS) is 1. The van der Waals surface area contributed by atoms with Crippen molar-refractivity contribution in [3.05, 3.63) is 48.0 Å². The second-order valence-electron chi connectivity index (χ2n) is 10.00. The van der Waals surface area contributed by atoms with Crippen molar-refractivity contribution in [2.24, 2.45) is 11.8 Å². The normalized spacial score (nSPS) is 12.3. The van der Waals surface area contributed by atoms with Gasteiger partial charge in [-0.1, -0.05) is 33.8 Å². The number of anilines is 2. The van der Waals surface area contributed by atoms with E-state index in [1.165, 1.54) is 6.33 Å². The van der Waals surface area contributed by atoms with E-state index in [1.54, 1.807) is 12.4 Å². The van der Waals surface area contributed by atoms with E-state index in [2.05, 4.69) is 47.9 Å². The quantitative estimate of drug-likeness (QED) is 0.459. The summed E-state index contributed by atoms with van der Waals surface area (Å²) in [6.45, 7) is 11.0. The molecule has 1 atom stereocenters. The van der Waals surface area contributed by atoms with Crippen LogP contribution in [0.25, 0.3) is 0 Å². The highest BCUT2D eigenvalue weighted by Gasteiger charge is 2.21. The lowest BCUT2D eigenvalue weighted by Crippen LogP contribution is -2.32. The maximum absolute atomic E-state index is 13.0. The molecule has 186 valence electrons. The van der Waals surface area contributed by atoms with Gasteiger partial charge in [0.25, 0.3) is 0 Å². The first-order chi connectivity index (χ1) is 16.0. The molecule has 0 aliphatic heterocycles. The molecule has 0 radical (unpaired) electrons. The minimum Gasteiger partial charge on any atom is -0.481 e. The molecule has 34 heavy (non-hydrogen) atoms. The maximum atomic E-state index is 13.0. The molecule has 0 saturated carbocycles. The molecule has 1 aromatic carbocycles. The Morgan fingerprint density at radius 1 is 1.00 bits per heavy atom. The molecule has 1 amide bonds. The summed E-state index contributed by atoms with van der Waals surface area (Å²) in [5, 5.41) is 12.6. The smallest absolute Gasteiger partial charge is 0.304 e. The third-order valence-electron chi connectivity index (χ3n) is 5.26. The lowest BCUT2D eigenvalue weighted by molar-refractivity contribution is -0.137. The van der Waals surface area contributed by atoms with Crippen LogP contribution in [0.4, 0.5) is 11.4 Å². The number of carbonyl (C=O) groups excluding carboxylic acids is 1. The lowest BCUT2D eigenvalue weighted by Gasteiger charge is -2.31. The van der Waals surface area contributed by atoms with Gasteiger partial charge in [0.1, 0.15) is 6.33 Å². The number of aliphatic carboxylic acids is 1.